The molecular formula is C22H27FN2O2. The van der Waals surface area contributed by atoms with Gasteiger partial charge >= 0.3 is 0 Å². The average molecular weight is 370 g/mol. The van der Waals surface area contributed by atoms with Crippen LogP contribution in [0.25, 0.3) is 0 Å². The minimum atomic E-state index is -0.276. The van der Waals surface area contributed by atoms with Gasteiger partial charge in [0, 0.05) is 18.5 Å². The van der Waals surface area contributed by atoms with Gasteiger partial charge < -0.3 is 10.1 Å². The van der Waals surface area contributed by atoms with Crippen molar-refractivity contribution in [1.29, 1.82) is 0 Å². The van der Waals surface area contributed by atoms with E-state index >= 15 is 0 Å². The molecule has 1 unspecified atom stereocenters. The van der Waals surface area contributed by atoms with E-state index in [1.165, 1.54) is 17.7 Å². The average Bonchev–Trinajstić information content (AvgIpc) is 2.71. The number of hydrogen-bond acceptors (Lipinski definition) is 3. The number of piperidine rings is 1. The highest BCUT2D eigenvalue weighted by atomic mass is 19.1. The van der Waals surface area contributed by atoms with Gasteiger partial charge in [-0.25, -0.2) is 4.39 Å². The van der Waals surface area contributed by atoms with Crippen LogP contribution in [0.15, 0.2) is 48.5 Å². The summed E-state index contributed by atoms with van der Waals surface area (Å²) in [6.07, 6.45) is 1.67. The molecule has 27 heavy (non-hydrogen) atoms. The number of rotatable bonds is 6. The van der Waals surface area contributed by atoms with Crippen molar-refractivity contribution in [2.24, 2.45) is 5.92 Å². The van der Waals surface area contributed by atoms with Gasteiger partial charge in [-0.15, -0.1) is 0 Å². The molecule has 0 aliphatic carbocycles. The lowest BCUT2D eigenvalue weighted by Crippen LogP contribution is -2.41. The fraction of sp³-hybridized carbons (Fsp3) is 0.409. The summed E-state index contributed by atoms with van der Waals surface area (Å²) in [5.41, 5.74) is 2.01. The van der Waals surface area contributed by atoms with Crippen molar-refractivity contribution >= 4 is 5.91 Å². The first-order chi connectivity index (χ1) is 13.1. The molecule has 0 spiro atoms. The third-order valence-corrected chi connectivity index (χ3v) is 5.38. The van der Waals surface area contributed by atoms with E-state index in [0.29, 0.717) is 6.54 Å². The van der Waals surface area contributed by atoms with Gasteiger partial charge in [0.15, 0.2) is 0 Å². The summed E-state index contributed by atoms with van der Waals surface area (Å²) in [5, 5.41) is 2.95. The number of halogens is 1. The Morgan fingerprint density at radius 3 is 2.67 bits per heavy atom. The van der Waals surface area contributed by atoms with Gasteiger partial charge in [0.05, 0.1) is 7.11 Å². The van der Waals surface area contributed by atoms with Crippen molar-refractivity contribution in [2.75, 3.05) is 20.2 Å². The molecule has 0 saturated carbocycles. The first kappa shape index (κ1) is 19.4. The minimum Gasteiger partial charge on any atom is -0.497 e. The molecule has 0 radical (unpaired) electrons. The Morgan fingerprint density at radius 2 is 1.96 bits per heavy atom. The summed E-state index contributed by atoms with van der Waals surface area (Å²) in [6.45, 7) is 4.34. The van der Waals surface area contributed by atoms with Crippen molar-refractivity contribution < 1.29 is 13.9 Å². The molecule has 2 aromatic carbocycles. The molecule has 3 rings (SSSR count). The molecule has 1 atom stereocenters. The number of carbonyl (C=O) groups excluding carboxylic acids is 1. The van der Waals surface area contributed by atoms with Crippen molar-refractivity contribution in [3.05, 3.63) is 65.5 Å². The van der Waals surface area contributed by atoms with E-state index in [9.17, 15) is 9.18 Å². The second-order valence-corrected chi connectivity index (χ2v) is 7.11. The summed E-state index contributed by atoms with van der Waals surface area (Å²) in [5.74, 6) is 0.674. The van der Waals surface area contributed by atoms with Crippen LogP contribution in [0, 0.1) is 11.7 Å². The first-order valence-electron chi connectivity index (χ1n) is 9.47. The largest absolute Gasteiger partial charge is 0.497 e. The van der Waals surface area contributed by atoms with Crippen LogP contribution in [-0.2, 0) is 11.3 Å². The van der Waals surface area contributed by atoms with Crippen molar-refractivity contribution in [3.63, 3.8) is 0 Å². The summed E-state index contributed by atoms with van der Waals surface area (Å²) >= 11 is 0. The number of nitrogens with zero attached hydrogens (tertiary/aromatic N) is 1. The normalized spacial score (nSPS) is 16.7. The highest BCUT2D eigenvalue weighted by molar-refractivity contribution is 5.78. The third-order valence-electron chi connectivity index (χ3n) is 5.38. The highest BCUT2D eigenvalue weighted by Gasteiger charge is 2.27. The van der Waals surface area contributed by atoms with Crippen LogP contribution in [0.5, 0.6) is 5.75 Å². The number of likely N-dealkylation sites (tertiary alicyclic amines) is 1. The Hall–Kier alpha value is -2.40. The van der Waals surface area contributed by atoms with E-state index in [2.05, 4.69) is 29.3 Å². The zero-order valence-electron chi connectivity index (χ0n) is 16.0. The van der Waals surface area contributed by atoms with Gasteiger partial charge in [-0.3, -0.25) is 9.69 Å². The predicted octanol–water partition coefficient (Wildman–Crippen LogP) is 3.92. The molecule has 1 heterocycles. The molecule has 2 aromatic rings. The van der Waals surface area contributed by atoms with Crippen LogP contribution >= 0.6 is 0 Å². The van der Waals surface area contributed by atoms with Crippen molar-refractivity contribution in [2.45, 2.75) is 32.4 Å². The quantitative estimate of drug-likeness (QED) is 0.838. The lowest BCUT2D eigenvalue weighted by Gasteiger charge is -2.35. The molecule has 1 aliphatic rings. The lowest BCUT2D eigenvalue weighted by atomic mass is 9.93. The Balaban J connectivity index is 1.49. The molecule has 0 aromatic heterocycles. The Kier molecular flexibility index (Phi) is 6.45. The van der Waals surface area contributed by atoms with Crippen LogP contribution < -0.4 is 10.1 Å². The number of methoxy groups -OCH3 is 1. The molecular weight excluding hydrogens is 343 g/mol. The van der Waals surface area contributed by atoms with Crippen molar-refractivity contribution in [1.82, 2.24) is 10.2 Å². The molecule has 1 saturated heterocycles. The number of benzene rings is 2. The second kappa shape index (κ2) is 9.00. The van der Waals surface area contributed by atoms with Gasteiger partial charge in [-0.05, 0) is 68.2 Å². The van der Waals surface area contributed by atoms with E-state index in [1.54, 1.807) is 13.2 Å². The van der Waals surface area contributed by atoms with Gasteiger partial charge in [-0.1, -0.05) is 24.3 Å². The van der Waals surface area contributed by atoms with E-state index in [4.69, 9.17) is 4.74 Å². The van der Waals surface area contributed by atoms with E-state index < -0.39 is 0 Å². The van der Waals surface area contributed by atoms with Crippen LogP contribution in [0.1, 0.15) is 36.9 Å². The Bertz CT molecular complexity index is 772. The summed E-state index contributed by atoms with van der Waals surface area (Å²) < 4.78 is 18.5. The SMILES string of the molecule is COc1cccc(C(C)N2CCC(C(=O)NCc3cccc(F)c3)CC2)c1. The maximum Gasteiger partial charge on any atom is 0.223 e. The Labute approximate surface area is 160 Å². The molecule has 1 aliphatic heterocycles. The number of ether oxygens (including phenoxy) is 1. The van der Waals surface area contributed by atoms with E-state index in [0.717, 1.165) is 37.2 Å². The summed E-state index contributed by atoms with van der Waals surface area (Å²) in [6, 6.07) is 14.8. The number of nitrogens with one attached hydrogen (secondary N) is 1. The number of carbonyl (C=O) groups is 1. The van der Waals surface area contributed by atoms with Crippen LogP contribution in [-0.4, -0.2) is 31.0 Å². The van der Waals surface area contributed by atoms with Crippen LogP contribution in [0.3, 0.4) is 0 Å². The van der Waals surface area contributed by atoms with E-state index in [1.807, 2.05) is 18.2 Å². The predicted molar refractivity (Wildman–Crippen MR) is 104 cm³/mol. The fourth-order valence-corrected chi connectivity index (χ4v) is 3.64. The first-order valence-corrected chi connectivity index (χ1v) is 9.47. The fourth-order valence-electron chi connectivity index (χ4n) is 3.64. The van der Waals surface area contributed by atoms with Crippen molar-refractivity contribution in [3.8, 4) is 5.75 Å². The van der Waals surface area contributed by atoms with E-state index in [-0.39, 0.29) is 23.7 Å². The molecule has 0 bridgehead atoms. The molecule has 4 nitrogen and oxygen atoms in total. The summed E-state index contributed by atoms with van der Waals surface area (Å²) in [7, 11) is 1.68. The maximum absolute atomic E-state index is 13.2. The van der Waals surface area contributed by atoms with Gasteiger partial charge in [0.2, 0.25) is 5.91 Å². The monoisotopic (exact) mass is 370 g/mol. The maximum atomic E-state index is 13.2. The smallest absolute Gasteiger partial charge is 0.223 e. The summed E-state index contributed by atoms with van der Waals surface area (Å²) in [4.78, 5) is 14.9. The standard InChI is InChI=1S/C22H27FN2O2/c1-16(19-6-4-8-21(14-19)27-2)25-11-9-18(10-12-25)22(26)24-15-17-5-3-7-20(23)13-17/h3-8,13-14,16,18H,9-12,15H2,1-2H3,(H,24,26). The lowest BCUT2D eigenvalue weighted by molar-refractivity contribution is -0.126. The third kappa shape index (κ3) is 5.07. The highest BCUT2D eigenvalue weighted by Crippen LogP contribution is 2.28. The molecule has 1 fully saturated rings. The molecule has 144 valence electrons. The number of amides is 1. The molecule has 1 amide bonds. The van der Waals surface area contributed by atoms with Gasteiger partial charge in [0.25, 0.3) is 0 Å². The Morgan fingerprint density at radius 1 is 1.22 bits per heavy atom. The van der Waals surface area contributed by atoms with Gasteiger partial charge in [-0.2, -0.15) is 0 Å². The number of hydrogen-bond donors (Lipinski definition) is 1. The zero-order chi connectivity index (χ0) is 19.2. The van der Waals surface area contributed by atoms with Gasteiger partial charge in [0.1, 0.15) is 11.6 Å². The zero-order valence-corrected chi connectivity index (χ0v) is 16.0. The second-order valence-electron chi connectivity index (χ2n) is 7.11. The van der Waals surface area contributed by atoms with Crippen LogP contribution in [0.2, 0.25) is 0 Å². The molecule has 5 heteroatoms. The van der Waals surface area contributed by atoms with Crippen LogP contribution in [0.4, 0.5) is 4.39 Å². The topological polar surface area (TPSA) is 41.6 Å². The minimum absolute atomic E-state index is 0.0207. The molecule has 1 N–H and O–H groups in total.